The van der Waals surface area contributed by atoms with Gasteiger partial charge in [-0.1, -0.05) is 0 Å². The summed E-state index contributed by atoms with van der Waals surface area (Å²) in [5, 5.41) is 0. The van der Waals surface area contributed by atoms with Gasteiger partial charge in [-0.15, -0.1) is 0 Å². The Bertz CT molecular complexity index is 1180. The summed E-state index contributed by atoms with van der Waals surface area (Å²) in [6.07, 6.45) is 0. The van der Waals surface area contributed by atoms with Crippen LogP contribution in [0.2, 0.25) is 0 Å². The zero-order valence-corrected chi connectivity index (χ0v) is 17.2. The van der Waals surface area contributed by atoms with Crippen LogP contribution in [-0.2, 0) is 11.3 Å². The second-order valence-electron chi connectivity index (χ2n) is 7.39. The van der Waals surface area contributed by atoms with Gasteiger partial charge in [-0.2, -0.15) is 0 Å². The van der Waals surface area contributed by atoms with Crippen molar-refractivity contribution in [3.8, 4) is 11.4 Å². The predicted molar refractivity (Wildman–Crippen MR) is 110 cm³/mol. The number of benzene rings is 2. The number of nitrogens with zero attached hydrogens (tertiary/aromatic N) is 2. The minimum atomic E-state index is -0.876. The monoisotopic (exact) mass is 448 g/mol. The molecule has 1 aliphatic heterocycles. The molecule has 9 heteroatoms. The largest absolute Gasteiger partial charge is 0.489 e. The quantitative estimate of drug-likeness (QED) is 0.551. The number of hydrogen-bond acceptors (Lipinski definition) is 4. The zero-order chi connectivity index (χ0) is 22.8. The van der Waals surface area contributed by atoms with Crippen LogP contribution in [0, 0.1) is 30.2 Å². The molecule has 2 heterocycles. The Morgan fingerprint density at radius 1 is 0.938 bits per heavy atom. The van der Waals surface area contributed by atoms with Crippen molar-refractivity contribution in [1.82, 2.24) is 4.57 Å². The van der Waals surface area contributed by atoms with E-state index in [0.29, 0.717) is 32.0 Å². The van der Waals surface area contributed by atoms with E-state index < -0.39 is 34.5 Å². The van der Waals surface area contributed by atoms with Crippen molar-refractivity contribution in [2.75, 3.05) is 31.2 Å². The molecule has 1 saturated heterocycles. The van der Waals surface area contributed by atoms with Crippen molar-refractivity contribution >= 4 is 5.69 Å². The van der Waals surface area contributed by atoms with Crippen molar-refractivity contribution in [1.29, 1.82) is 0 Å². The Hall–Kier alpha value is -3.33. The van der Waals surface area contributed by atoms with Crippen molar-refractivity contribution in [2.24, 2.45) is 0 Å². The number of anilines is 1. The molecule has 0 unspecified atom stereocenters. The van der Waals surface area contributed by atoms with Crippen LogP contribution in [0.4, 0.5) is 23.2 Å². The van der Waals surface area contributed by atoms with E-state index >= 15 is 0 Å². The van der Waals surface area contributed by atoms with Crippen LogP contribution in [-0.4, -0.2) is 30.9 Å². The molecule has 5 nitrogen and oxygen atoms in total. The average molecular weight is 448 g/mol. The first-order chi connectivity index (χ1) is 15.3. The summed E-state index contributed by atoms with van der Waals surface area (Å²) in [4.78, 5) is 14.5. The number of halogens is 4. The first-order valence-corrected chi connectivity index (χ1v) is 9.96. The highest BCUT2D eigenvalue weighted by Crippen LogP contribution is 2.26. The summed E-state index contributed by atoms with van der Waals surface area (Å²) in [6.45, 7) is 3.21. The molecule has 0 saturated carbocycles. The fourth-order valence-electron chi connectivity index (χ4n) is 3.61. The Morgan fingerprint density at radius 3 is 2.25 bits per heavy atom. The molecule has 0 bridgehead atoms. The molecule has 2 aromatic carbocycles. The molecule has 0 aliphatic carbocycles. The van der Waals surface area contributed by atoms with Crippen LogP contribution in [0.1, 0.15) is 11.3 Å². The molecule has 0 spiro atoms. The van der Waals surface area contributed by atoms with Crippen LogP contribution in [0.25, 0.3) is 5.69 Å². The van der Waals surface area contributed by atoms with Crippen LogP contribution >= 0.6 is 0 Å². The van der Waals surface area contributed by atoms with Crippen LogP contribution in [0.15, 0.2) is 47.3 Å². The average Bonchev–Trinajstić information content (AvgIpc) is 2.75. The summed E-state index contributed by atoms with van der Waals surface area (Å²) in [6, 6.07) is 7.92. The number of morpholine rings is 1. The molecule has 0 radical (unpaired) electrons. The van der Waals surface area contributed by atoms with E-state index in [2.05, 4.69) is 0 Å². The van der Waals surface area contributed by atoms with E-state index in [4.69, 9.17) is 9.47 Å². The SMILES string of the molecule is Cc1cc(OCc2ccc(F)cc2F)cc(=O)n1-c1c(F)cc(N2CCOCC2)cc1F. The second-order valence-corrected chi connectivity index (χ2v) is 7.39. The third-order valence-electron chi connectivity index (χ3n) is 5.20. The summed E-state index contributed by atoms with van der Waals surface area (Å²) in [7, 11) is 0. The van der Waals surface area contributed by atoms with Crippen molar-refractivity contribution in [2.45, 2.75) is 13.5 Å². The van der Waals surface area contributed by atoms with Gasteiger partial charge in [-0.05, 0) is 31.2 Å². The maximum Gasteiger partial charge on any atom is 0.259 e. The number of aryl methyl sites for hydroxylation is 1. The van der Waals surface area contributed by atoms with Crippen LogP contribution in [0.5, 0.6) is 5.75 Å². The topological polar surface area (TPSA) is 43.7 Å². The summed E-state index contributed by atoms with van der Waals surface area (Å²) >= 11 is 0. The van der Waals surface area contributed by atoms with E-state index in [1.807, 2.05) is 0 Å². The normalized spacial score (nSPS) is 14.0. The van der Waals surface area contributed by atoms with Crippen molar-refractivity contribution in [3.63, 3.8) is 0 Å². The van der Waals surface area contributed by atoms with Gasteiger partial charge >= 0.3 is 0 Å². The standard InChI is InChI=1S/C23H20F4N2O3/c1-14-8-18(32-13-15-2-3-16(24)9-19(15)25)12-22(30)29(14)23-20(26)10-17(11-21(23)27)28-4-6-31-7-5-28/h2-3,8-12H,4-7,13H2,1H3. The third kappa shape index (κ3) is 4.47. The molecule has 4 rings (SSSR count). The predicted octanol–water partition coefficient (Wildman–Crippen LogP) is 4.12. The molecule has 32 heavy (non-hydrogen) atoms. The van der Waals surface area contributed by atoms with Gasteiger partial charge in [-0.3, -0.25) is 9.36 Å². The van der Waals surface area contributed by atoms with E-state index in [-0.39, 0.29) is 23.6 Å². The van der Waals surface area contributed by atoms with Gasteiger partial charge < -0.3 is 14.4 Å². The lowest BCUT2D eigenvalue weighted by atomic mass is 10.2. The fraction of sp³-hybridized carbons (Fsp3) is 0.261. The lowest BCUT2D eigenvalue weighted by Crippen LogP contribution is -2.36. The lowest BCUT2D eigenvalue weighted by molar-refractivity contribution is 0.122. The van der Waals surface area contributed by atoms with E-state index in [0.717, 1.165) is 22.8 Å². The zero-order valence-electron chi connectivity index (χ0n) is 17.2. The van der Waals surface area contributed by atoms with Crippen LogP contribution < -0.4 is 15.2 Å². The van der Waals surface area contributed by atoms with Crippen molar-refractivity contribution < 1.29 is 27.0 Å². The molecule has 0 amide bonds. The second kappa shape index (κ2) is 9.04. The number of hydrogen-bond donors (Lipinski definition) is 0. The minimum Gasteiger partial charge on any atom is -0.489 e. The molecule has 1 aliphatic rings. The summed E-state index contributed by atoms with van der Waals surface area (Å²) in [5.41, 5.74) is -0.496. The molecule has 0 N–H and O–H groups in total. The molecule has 3 aromatic rings. The van der Waals surface area contributed by atoms with Gasteiger partial charge in [0.25, 0.3) is 5.56 Å². The summed E-state index contributed by atoms with van der Waals surface area (Å²) < 4.78 is 68.2. The third-order valence-corrected chi connectivity index (χ3v) is 5.20. The van der Waals surface area contributed by atoms with E-state index in [1.165, 1.54) is 31.2 Å². The lowest BCUT2D eigenvalue weighted by Gasteiger charge is -2.29. The summed E-state index contributed by atoms with van der Waals surface area (Å²) in [5.74, 6) is -3.15. The molecule has 168 valence electrons. The smallest absolute Gasteiger partial charge is 0.259 e. The molecular weight excluding hydrogens is 428 g/mol. The molecule has 1 fully saturated rings. The van der Waals surface area contributed by atoms with Gasteiger partial charge in [0.15, 0.2) is 11.6 Å². The number of aromatic nitrogens is 1. The van der Waals surface area contributed by atoms with Gasteiger partial charge in [0.1, 0.15) is 29.7 Å². The highest BCUT2D eigenvalue weighted by molar-refractivity contribution is 5.53. The molecular formula is C23H20F4N2O3. The van der Waals surface area contributed by atoms with Gasteiger partial charge in [0.05, 0.1) is 13.2 Å². The Labute approximate surface area is 181 Å². The number of ether oxygens (including phenoxy) is 2. The Kier molecular flexibility index (Phi) is 6.18. The van der Waals surface area contributed by atoms with Gasteiger partial charge in [0.2, 0.25) is 0 Å². The maximum atomic E-state index is 14.9. The molecule has 1 aromatic heterocycles. The number of pyridine rings is 1. The Morgan fingerprint density at radius 2 is 1.62 bits per heavy atom. The maximum absolute atomic E-state index is 14.9. The highest BCUT2D eigenvalue weighted by atomic mass is 19.1. The number of rotatable bonds is 5. The van der Waals surface area contributed by atoms with Crippen molar-refractivity contribution in [3.05, 3.63) is 87.3 Å². The van der Waals surface area contributed by atoms with Gasteiger partial charge in [0, 0.05) is 48.2 Å². The minimum absolute atomic E-state index is 0.0956. The fourth-order valence-corrected chi connectivity index (χ4v) is 3.61. The Balaban J connectivity index is 1.61. The van der Waals surface area contributed by atoms with E-state index in [9.17, 15) is 22.4 Å². The highest BCUT2D eigenvalue weighted by Gasteiger charge is 2.20. The van der Waals surface area contributed by atoms with Gasteiger partial charge in [-0.25, -0.2) is 17.6 Å². The van der Waals surface area contributed by atoms with E-state index in [1.54, 1.807) is 4.90 Å². The first-order valence-electron chi connectivity index (χ1n) is 9.96. The first kappa shape index (κ1) is 21.9. The molecule has 0 atom stereocenters. The van der Waals surface area contributed by atoms with Crippen LogP contribution in [0.3, 0.4) is 0 Å².